The predicted molar refractivity (Wildman–Crippen MR) is 62.8 cm³/mol. The average molecular weight is 250 g/mol. The fraction of sp³-hybridized carbons (Fsp3) is 0.400. The van der Waals surface area contributed by atoms with Crippen molar-refractivity contribution in [2.45, 2.75) is 26.9 Å². The summed E-state index contributed by atoms with van der Waals surface area (Å²) in [6.07, 6.45) is 1.62. The van der Waals surface area contributed by atoms with Crippen LogP contribution < -0.4 is 10.6 Å². The molecule has 0 spiro atoms. The Hall–Kier alpha value is -2.38. The Morgan fingerprint density at radius 3 is 3.06 bits per heavy atom. The quantitative estimate of drug-likeness (QED) is 0.840. The minimum absolute atomic E-state index is 0.302. The number of aromatic nitrogens is 4. The first-order chi connectivity index (χ1) is 8.69. The molecule has 2 rings (SSSR count). The first-order valence-corrected chi connectivity index (χ1v) is 5.54. The van der Waals surface area contributed by atoms with E-state index in [9.17, 15) is 4.79 Å². The minimum Gasteiger partial charge on any atom is -0.360 e. The van der Waals surface area contributed by atoms with E-state index in [0.29, 0.717) is 23.9 Å². The second-order valence-corrected chi connectivity index (χ2v) is 3.66. The van der Waals surface area contributed by atoms with Gasteiger partial charge in [0, 0.05) is 12.6 Å². The minimum atomic E-state index is -0.367. The summed E-state index contributed by atoms with van der Waals surface area (Å²) in [6.45, 7) is 4.79. The molecule has 2 aromatic rings. The molecule has 0 aliphatic rings. The lowest BCUT2D eigenvalue weighted by atomic mass is 10.5. The summed E-state index contributed by atoms with van der Waals surface area (Å²) in [5.74, 6) is 1.71. The SMILES string of the molecule is CCn1cnnc1CNC(=O)Nc1cc(C)on1. The van der Waals surface area contributed by atoms with E-state index < -0.39 is 0 Å². The number of amides is 2. The van der Waals surface area contributed by atoms with Crippen molar-refractivity contribution in [3.63, 3.8) is 0 Å². The molecule has 0 bridgehead atoms. The van der Waals surface area contributed by atoms with Crippen molar-refractivity contribution >= 4 is 11.8 Å². The Kier molecular flexibility index (Phi) is 3.56. The van der Waals surface area contributed by atoms with E-state index in [1.54, 1.807) is 19.3 Å². The molecule has 0 fully saturated rings. The van der Waals surface area contributed by atoms with Crippen LogP contribution in [-0.2, 0) is 13.1 Å². The van der Waals surface area contributed by atoms with Crippen LogP contribution in [-0.4, -0.2) is 26.0 Å². The fourth-order valence-corrected chi connectivity index (χ4v) is 1.43. The van der Waals surface area contributed by atoms with Gasteiger partial charge in [-0.3, -0.25) is 5.32 Å². The normalized spacial score (nSPS) is 10.3. The van der Waals surface area contributed by atoms with Crippen LogP contribution in [0.4, 0.5) is 10.6 Å². The number of nitrogens with zero attached hydrogens (tertiary/aromatic N) is 4. The van der Waals surface area contributed by atoms with Gasteiger partial charge in [-0.2, -0.15) is 0 Å². The van der Waals surface area contributed by atoms with Crippen LogP contribution in [0.3, 0.4) is 0 Å². The van der Waals surface area contributed by atoms with Crippen LogP contribution in [0.15, 0.2) is 16.9 Å². The first kappa shape index (κ1) is 12.1. The third-order valence-corrected chi connectivity index (χ3v) is 2.31. The zero-order chi connectivity index (χ0) is 13.0. The molecule has 0 aliphatic heterocycles. The number of hydrogen-bond acceptors (Lipinski definition) is 5. The van der Waals surface area contributed by atoms with Gasteiger partial charge in [-0.15, -0.1) is 10.2 Å². The van der Waals surface area contributed by atoms with Gasteiger partial charge in [-0.1, -0.05) is 5.16 Å². The summed E-state index contributed by atoms with van der Waals surface area (Å²) in [4.78, 5) is 11.6. The summed E-state index contributed by atoms with van der Waals surface area (Å²) in [6, 6.07) is 1.27. The fourth-order valence-electron chi connectivity index (χ4n) is 1.43. The standard InChI is InChI=1S/C10H14N6O2/c1-3-16-6-12-14-9(16)5-11-10(17)13-8-4-7(2)18-15-8/h4,6H,3,5H2,1-2H3,(H2,11,13,15,17). The number of anilines is 1. The van der Waals surface area contributed by atoms with Gasteiger partial charge in [0.2, 0.25) is 0 Å². The molecule has 0 aliphatic carbocycles. The zero-order valence-electron chi connectivity index (χ0n) is 10.2. The highest BCUT2D eigenvalue weighted by Crippen LogP contribution is 2.06. The van der Waals surface area contributed by atoms with E-state index in [0.717, 1.165) is 6.54 Å². The van der Waals surface area contributed by atoms with Crippen LogP contribution in [0.2, 0.25) is 0 Å². The van der Waals surface area contributed by atoms with Crippen molar-refractivity contribution in [1.82, 2.24) is 25.2 Å². The van der Waals surface area contributed by atoms with Gasteiger partial charge in [0.05, 0.1) is 6.54 Å². The summed E-state index contributed by atoms with van der Waals surface area (Å²) in [7, 11) is 0. The zero-order valence-corrected chi connectivity index (χ0v) is 10.2. The molecule has 2 aromatic heterocycles. The lowest BCUT2D eigenvalue weighted by Gasteiger charge is -2.05. The molecule has 18 heavy (non-hydrogen) atoms. The topological polar surface area (TPSA) is 97.9 Å². The van der Waals surface area contributed by atoms with Gasteiger partial charge >= 0.3 is 6.03 Å². The lowest BCUT2D eigenvalue weighted by molar-refractivity contribution is 0.251. The smallest absolute Gasteiger partial charge is 0.320 e. The lowest BCUT2D eigenvalue weighted by Crippen LogP contribution is -2.29. The number of hydrogen-bond donors (Lipinski definition) is 2. The molecule has 0 aromatic carbocycles. The van der Waals surface area contributed by atoms with Crippen LogP contribution >= 0.6 is 0 Å². The Balaban J connectivity index is 1.85. The second-order valence-electron chi connectivity index (χ2n) is 3.66. The third kappa shape index (κ3) is 2.84. The molecule has 0 unspecified atom stereocenters. The van der Waals surface area contributed by atoms with Crippen molar-refractivity contribution < 1.29 is 9.32 Å². The highest BCUT2D eigenvalue weighted by molar-refractivity contribution is 5.87. The van der Waals surface area contributed by atoms with E-state index in [2.05, 4.69) is 26.0 Å². The van der Waals surface area contributed by atoms with Crippen molar-refractivity contribution in [2.24, 2.45) is 0 Å². The number of aryl methyl sites for hydroxylation is 2. The number of rotatable bonds is 4. The number of carbonyl (C=O) groups excluding carboxylic acids is 1. The molecule has 0 saturated heterocycles. The molecule has 2 heterocycles. The second kappa shape index (κ2) is 5.30. The first-order valence-electron chi connectivity index (χ1n) is 5.54. The van der Waals surface area contributed by atoms with Crippen LogP contribution in [0, 0.1) is 6.92 Å². The van der Waals surface area contributed by atoms with Crippen molar-refractivity contribution in [3.05, 3.63) is 24.0 Å². The van der Waals surface area contributed by atoms with E-state index >= 15 is 0 Å². The van der Waals surface area contributed by atoms with Crippen LogP contribution in [0.25, 0.3) is 0 Å². The summed E-state index contributed by atoms with van der Waals surface area (Å²) in [5, 5.41) is 16.5. The van der Waals surface area contributed by atoms with Gasteiger partial charge in [0.15, 0.2) is 11.6 Å². The van der Waals surface area contributed by atoms with Crippen LogP contribution in [0.1, 0.15) is 18.5 Å². The highest BCUT2D eigenvalue weighted by atomic mass is 16.5. The Morgan fingerprint density at radius 1 is 1.56 bits per heavy atom. The summed E-state index contributed by atoms with van der Waals surface area (Å²) in [5.41, 5.74) is 0. The average Bonchev–Trinajstić information content (AvgIpc) is 2.95. The monoisotopic (exact) mass is 250 g/mol. The molecule has 8 heteroatoms. The molecule has 2 N–H and O–H groups in total. The van der Waals surface area contributed by atoms with E-state index in [1.165, 1.54) is 0 Å². The molecule has 0 radical (unpaired) electrons. The van der Waals surface area contributed by atoms with Crippen LogP contribution in [0.5, 0.6) is 0 Å². The largest absolute Gasteiger partial charge is 0.360 e. The van der Waals surface area contributed by atoms with E-state index in [-0.39, 0.29) is 6.03 Å². The van der Waals surface area contributed by atoms with Gasteiger partial charge in [0.25, 0.3) is 0 Å². The molecule has 8 nitrogen and oxygen atoms in total. The summed E-state index contributed by atoms with van der Waals surface area (Å²) < 4.78 is 6.68. The van der Waals surface area contributed by atoms with Crippen molar-refractivity contribution in [1.29, 1.82) is 0 Å². The predicted octanol–water partition coefficient (Wildman–Crippen LogP) is 0.916. The van der Waals surface area contributed by atoms with Crippen molar-refractivity contribution in [2.75, 3.05) is 5.32 Å². The third-order valence-electron chi connectivity index (χ3n) is 2.31. The molecule has 0 saturated carbocycles. The molecule has 96 valence electrons. The van der Waals surface area contributed by atoms with Gasteiger partial charge in [0.1, 0.15) is 12.1 Å². The summed E-state index contributed by atoms with van der Waals surface area (Å²) >= 11 is 0. The molecular formula is C10H14N6O2. The number of urea groups is 1. The van der Waals surface area contributed by atoms with Gasteiger partial charge in [-0.05, 0) is 13.8 Å². The van der Waals surface area contributed by atoms with E-state index in [1.807, 2.05) is 11.5 Å². The van der Waals surface area contributed by atoms with Crippen molar-refractivity contribution in [3.8, 4) is 0 Å². The number of carbonyl (C=O) groups is 1. The maximum absolute atomic E-state index is 11.6. The number of nitrogens with one attached hydrogen (secondary N) is 2. The maximum Gasteiger partial charge on any atom is 0.320 e. The highest BCUT2D eigenvalue weighted by Gasteiger charge is 2.07. The molecule has 0 atom stereocenters. The van der Waals surface area contributed by atoms with E-state index in [4.69, 9.17) is 4.52 Å². The Labute approximate surface area is 103 Å². The Morgan fingerprint density at radius 2 is 2.39 bits per heavy atom. The van der Waals surface area contributed by atoms with Gasteiger partial charge < -0.3 is 14.4 Å². The molecular weight excluding hydrogens is 236 g/mol. The van der Waals surface area contributed by atoms with Gasteiger partial charge in [-0.25, -0.2) is 4.79 Å². The Bertz CT molecular complexity index is 532. The molecule has 2 amide bonds. The maximum atomic E-state index is 11.6.